The Morgan fingerprint density at radius 1 is 1.35 bits per heavy atom. The van der Waals surface area contributed by atoms with Gasteiger partial charge in [-0.3, -0.25) is 0 Å². The average Bonchev–Trinajstić information content (AvgIpc) is 2.68. The summed E-state index contributed by atoms with van der Waals surface area (Å²) in [5.41, 5.74) is 7.89. The Morgan fingerprint density at radius 3 is 2.88 bits per heavy atom. The Balaban J connectivity index is 2.29. The fraction of sp³-hybridized carbons (Fsp3) is 0.308. The molecule has 0 fully saturated rings. The molecule has 90 valence electrons. The van der Waals surface area contributed by atoms with Gasteiger partial charge in [-0.2, -0.15) is 5.10 Å². The molecule has 1 heterocycles. The van der Waals surface area contributed by atoms with Crippen LogP contribution in [0.3, 0.4) is 0 Å². The van der Waals surface area contributed by atoms with Gasteiger partial charge in [0.2, 0.25) is 0 Å². The molecule has 3 nitrogen and oxygen atoms in total. The molecule has 1 aromatic heterocycles. The number of benzene rings is 1. The number of hydrogen-bond donors (Lipinski definition) is 1. The van der Waals surface area contributed by atoms with Crippen molar-refractivity contribution >= 4 is 17.4 Å². The van der Waals surface area contributed by atoms with Gasteiger partial charge in [0.15, 0.2) is 0 Å². The maximum atomic E-state index is 5.96. The monoisotopic (exact) mass is 249 g/mol. The number of unbranched alkanes of at least 4 members (excludes halogenated alkanes) is 1. The minimum atomic E-state index is 0.651. The van der Waals surface area contributed by atoms with Crippen molar-refractivity contribution < 1.29 is 0 Å². The van der Waals surface area contributed by atoms with Gasteiger partial charge in [-0.05, 0) is 31.0 Å². The van der Waals surface area contributed by atoms with E-state index in [0.717, 1.165) is 30.6 Å². The first-order valence-corrected chi connectivity index (χ1v) is 6.19. The van der Waals surface area contributed by atoms with Crippen molar-refractivity contribution in [1.29, 1.82) is 0 Å². The molecular weight excluding hydrogens is 234 g/mol. The predicted octanol–water partition coefficient (Wildman–Crippen LogP) is 3.45. The summed E-state index contributed by atoms with van der Waals surface area (Å²) < 4.78 is 1.73. The number of nitrogens with zero attached hydrogens (tertiary/aromatic N) is 2. The van der Waals surface area contributed by atoms with Crippen LogP contribution in [0.15, 0.2) is 30.3 Å². The number of halogens is 1. The lowest BCUT2D eigenvalue weighted by atomic mass is 10.2. The number of aryl methyl sites for hydroxylation is 1. The fourth-order valence-electron chi connectivity index (χ4n) is 1.74. The van der Waals surface area contributed by atoms with Crippen LogP contribution in [-0.4, -0.2) is 9.78 Å². The van der Waals surface area contributed by atoms with E-state index < -0.39 is 0 Å². The molecule has 0 unspecified atom stereocenters. The van der Waals surface area contributed by atoms with Gasteiger partial charge >= 0.3 is 0 Å². The van der Waals surface area contributed by atoms with Crippen molar-refractivity contribution in [3.63, 3.8) is 0 Å². The highest BCUT2D eigenvalue weighted by molar-refractivity contribution is 6.30. The molecule has 0 aliphatic rings. The topological polar surface area (TPSA) is 43.8 Å². The summed E-state index contributed by atoms with van der Waals surface area (Å²) in [5.74, 6) is 0.651. The first-order chi connectivity index (χ1) is 8.20. The molecular formula is C13H16ClN3. The van der Waals surface area contributed by atoms with Crippen molar-refractivity contribution in [2.24, 2.45) is 0 Å². The van der Waals surface area contributed by atoms with E-state index in [0.29, 0.717) is 10.8 Å². The lowest BCUT2D eigenvalue weighted by molar-refractivity contribution is 0.753. The molecule has 0 saturated carbocycles. The minimum absolute atomic E-state index is 0.651. The molecule has 0 spiro atoms. The van der Waals surface area contributed by atoms with Crippen LogP contribution in [0.4, 0.5) is 5.82 Å². The molecule has 0 atom stereocenters. The lowest BCUT2D eigenvalue weighted by Crippen LogP contribution is -2.01. The molecule has 0 radical (unpaired) electrons. The van der Waals surface area contributed by atoms with Crippen LogP contribution in [0.2, 0.25) is 5.02 Å². The number of anilines is 1. The summed E-state index contributed by atoms with van der Waals surface area (Å²) in [5, 5.41) is 5.18. The average molecular weight is 250 g/mol. The molecule has 0 saturated heterocycles. The third-order valence-corrected chi connectivity index (χ3v) is 2.86. The summed E-state index contributed by atoms with van der Waals surface area (Å²) in [4.78, 5) is 0. The SMILES string of the molecule is CCCCc1cc(N)n(-c2cccc(Cl)c2)n1. The van der Waals surface area contributed by atoms with Crippen LogP contribution in [0.5, 0.6) is 0 Å². The summed E-state index contributed by atoms with van der Waals surface area (Å²) in [6.07, 6.45) is 3.25. The second kappa shape index (κ2) is 5.23. The summed E-state index contributed by atoms with van der Waals surface area (Å²) in [7, 11) is 0. The number of nitrogen functional groups attached to an aromatic ring is 1. The fourth-order valence-corrected chi connectivity index (χ4v) is 1.93. The standard InChI is InChI=1S/C13H16ClN3/c1-2-3-6-11-9-13(15)17(16-11)12-7-4-5-10(14)8-12/h4-5,7-9H,2-3,6,15H2,1H3. The van der Waals surface area contributed by atoms with Crippen molar-refractivity contribution in [1.82, 2.24) is 9.78 Å². The van der Waals surface area contributed by atoms with Gasteiger partial charge in [-0.1, -0.05) is 31.0 Å². The lowest BCUT2D eigenvalue weighted by Gasteiger charge is -2.03. The van der Waals surface area contributed by atoms with E-state index in [2.05, 4.69) is 12.0 Å². The molecule has 2 N–H and O–H groups in total. The van der Waals surface area contributed by atoms with E-state index in [4.69, 9.17) is 17.3 Å². The van der Waals surface area contributed by atoms with Crippen LogP contribution in [-0.2, 0) is 6.42 Å². The molecule has 1 aromatic carbocycles. The molecule has 2 aromatic rings. The van der Waals surface area contributed by atoms with Gasteiger partial charge in [0.25, 0.3) is 0 Å². The summed E-state index contributed by atoms with van der Waals surface area (Å²) in [6, 6.07) is 9.46. The van der Waals surface area contributed by atoms with Crippen molar-refractivity contribution in [2.45, 2.75) is 26.2 Å². The van der Waals surface area contributed by atoms with E-state index in [9.17, 15) is 0 Å². The molecule has 0 aliphatic carbocycles. The highest BCUT2D eigenvalue weighted by atomic mass is 35.5. The summed E-state index contributed by atoms with van der Waals surface area (Å²) >= 11 is 5.96. The van der Waals surface area contributed by atoms with E-state index in [1.165, 1.54) is 0 Å². The smallest absolute Gasteiger partial charge is 0.127 e. The first-order valence-electron chi connectivity index (χ1n) is 5.81. The molecule has 4 heteroatoms. The maximum Gasteiger partial charge on any atom is 0.127 e. The Kier molecular flexibility index (Phi) is 3.69. The third-order valence-electron chi connectivity index (χ3n) is 2.63. The number of nitrogens with two attached hydrogens (primary N) is 1. The molecule has 17 heavy (non-hydrogen) atoms. The van der Waals surface area contributed by atoms with Gasteiger partial charge in [-0.25, -0.2) is 4.68 Å². The first kappa shape index (κ1) is 12.0. The van der Waals surface area contributed by atoms with Crippen LogP contribution in [0.25, 0.3) is 5.69 Å². The minimum Gasteiger partial charge on any atom is -0.384 e. The zero-order valence-electron chi connectivity index (χ0n) is 9.86. The van der Waals surface area contributed by atoms with Crippen molar-refractivity contribution in [3.8, 4) is 5.69 Å². The normalized spacial score (nSPS) is 10.7. The van der Waals surface area contributed by atoms with Crippen LogP contribution < -0.4 is 5.73 Å². The number of rotatable bonds is 4. The molecule has 0 amide bonds. The highest BCUT2D eigenvalue weighted by Gasteiger charge is 2.06. The number of hydrogen-bond acceptors (Lipinski definition) is 2. The zero-order valence-corrected chi connectivity index (χ0v) is 10.6. The van der Waals surface area contributed by atoms with Crippen LogP contribution in [0, 0.1) is 0 Å². The Labute approximate surface area is 106 Å². The predicted molar refractivity (Wildman–Crippen MR) is 71.6 cm³/mol. The molecule has 0 aliphatic heterocycles. The van der Waals surface area contributed by atoms with Crippen LogP contribution in [0.1, 0.15) is 25.5 Å². The maximum absolute atomic E-state index is 5.96. The van der Waals surface area contributed by atoms with Gasteiger partial charge in [0.1, 0.15) is 5.82 Å². The van der Waals surface area contributed by atoms with Gasteiger partial charge in [-0.15, -0.1) is 0 Å². The van der Waals surface area contributed by atoms with E-state index in [-0.39, 0.29) is 0 Å². The largest absolute Gasteiger partial charge is 0.384 e. The number of aromatic nitrogens is 2. The Hall–Kier alpha value is -1.48. The third kappa shape index (κ3) is 2.80. The van der Waals surface area contributed by atoms with E-state index in [1.54, 1.807) is 4.68 Å². The van der Waals surface area contributed by atoms with Gasteiger partial charge in [0.05, 0.1) is 11.4 Å². The van der Waals surface area contributed by atoms with Crippen LogP contribution >= 0.6 is 11.6 Å². The Morgan fingerprint density at radius 2 is 2.18 bits per heavy atom. The van der Waals surface area contributed by atoms with Crippen molar-refractivity contribution in [3.05, 3.63) is 41.0 Å². The van der Waals surface area contributed by atoms with E-state index in [1.807, 2.05) is 30.3 Å². The summed E-state index contributed by atoms with van der Waals surface area (Å²) in [6.45, 7) is 2.16. The van der Waals surface area contributed by atoms with E-state index >= 15 is 0 Å². The van der Waals surface area contributed by atoms with Gasteiger partial charge < -0.3 is 5.73 Å². The van der Waals surface area contributed by atoms with Crippen molar-refractivity contribution in [2.75, 3.05) is 5.73 Å². The zero-order chi connectivity index (χ0) is 12.3. The van der Waals surface area contributed by atoms with Gasteiger partial charge in [0, 0.05) is 11.1 Å². The molecule has 2 rings (SSSR count). The quantitative estimate of drug-likeness (QED) is 0.902. The molecule has 0 bridgehead atoms. The second-order valence-corrected chi connectivity index (χ2v) is 4.49. The highest BCUT2D eigenvalue weighted by Crippen LogP contribution is 2.18. The second-order valence-electron chi connectivity index (χ2n) is 4.06. The Bertz CT molecular complexity index is 505.